The fraction of sp³-hybridized carbons (Fsp3) is 0.286. The van der Waals surface area contributed by atoms with Crippen LogP contribution in [0.4, 0.5) is 5.00 Å². The molecule has 146 valence electrons. The van der Waals surface area contributed by atoms with Gasteiger partial charge in [-0.3, -0.25) is 4.79 Å². The van der Waals surface area contributed by atoms with Crippen molar-refractivity contribution in [1.29, 1.82) is 0 Å². The standard InChI is InChI=1S/C21H23N3O3S/c1-14(2)9-16-13-28-20(19(16)21(26)27-3)23-18(25)10-15-11-22-24(12-15)17-7-5-4-6-8-17/h4-8,11-14H,9-10H2,1-3H3,(H,23,25). The summed E-state index contributed by atoms with van der Waals surface area (Å²) in [5, 5.41) is 9.61. The summed E-state index contributed by atoms with van der Waals surface area (Å²) in [4.78, 5) is 24.7. The average molecular weight is 398 g/mol. The van der Waals surface area contributed by atoms with Crippen LogP contribution in [-0.4, -0.2) is 28.8 Å². The summed E-state index contributed by atoms with van der Waals surface area (Å²) in [6, 6.07) is 9.70. The summed E-state index contributed by atoms with van der Waals surface area (Å²) < 4.78 is 6.64. The molecule has 1 aromatic carbocycles. The van der Waals surface area contributed by atoms with E-state index in [1.54, 1.807) is 10.9 Å². The normalized spacial score (nSPS) is 10.9. The molecule has 3 aromatic rings. The lowest BCUT2D eigenvalue weighted by molar-refractivity contribution is -0.115. The van der Waals surface area contributed by atoms with Crippen LogP contribution in [0.5, 0.6) is 0 Å². The van der Waals surface area contributed by atoms with Gasteiger partial charge in [-0.2, -0.15) is 5.10 Å². The van der Waals surface area contributed by atoms with Crippen molar-refractivity contribution in [2.75, 3.05) is 12.4 Å². The van der Waals surface area contributed by atoms with Crippen molar-refractivity contribution in [2.24, 2.45) is 5.92 Å². The van der Waals surface area contributed by atoms with Crippen molar-refractivity contribution in [3.63, 3.8) is 0 Å². The Hall–Kier alpha value is -2.93. The summed E-state index contributed by atoms with van der Waals surface area (Å²) in [6.07, 6.45) is 4.42. The number of benzene rings is 1. The number of anilines is 1. The molecule has 0 radical (unpaired) electrons. The maximum absolute atomic E-state index is 12.5. The van der Waals surface area contributed by atoms with Crippen LogP contribution in [0.25, 0.3) is 5.69 Å². The van der Waals surface area contributed by atoms with Crippen molar-refractivity contribution >= 4 is 28.2 Å². The van der Waals surface area contributed by atoms with Crippen molar-refractivity contribution in [2.45, 2.75) is 26.7 Å². The molecule has 1 N–H and O–H groups in total. The van der Waals surface area contributed by atoms with Crippen molar-refractivity contribution in [3.8, 4) is 5.69 Å². The molecule has 0 saturated carbocycles. The monoisotopic (exact) mass is 397 g/mol. The number of nitrogens with one attached hydrogen (secondary N) is 1. The van der Waals surface area contributed by atoms with E-state index in [4.69, 9.17) is 4.74 Å². The molecule has 0 aliphatic rings. The predicted octanol–water partition coefficient (Wildman–Crippen LogP) is 4.10. The number of carbonyl (C=O) groups is 2. The molecule has 6 nitrogen and oxygen atoms in total. The highest BCUT2D eigenvalue weighted by molar-refractivity contribution is 7.15. The first kappa shape index (κ1) is 19.8. The second-order valence-corrected chi connectivity index (χ2v) is 7.79. The Morgan fingerprint density at radius 1 is 1.25 bits per heavy atom. The van der Waals surface area contributed by atoms with Gasteiger partial charge in [-0.1, -0.05) is 32.0 Å². The summed E-state index contributed by atoms with van der Waals surface area (Å²) in [5.74, 6) is -0.231. The van der Waals surface area contributed by atoms with Crippen LogP contribution >= 0.6 is 11.3 Å². The Morgan fingerprint density at radius 3 is 2.68 bits per heavy atom. The van der Waals surface area contributed by atoms with Crippen LogP contribution in [0.3, 0.4) is 0 Å². The van der Waals surface area contributed by atoms with Crippen LogP contribution in [0, 0.1) is 5.92 Å². The van der Waals surface area contributed by atoms with Crippen molar-refractivity contribution < 1.29 is 14.3 Å². The van der Waals surface area contributed by atoms with Crippen molar-refractivity contribution in [3.05, 3.63) is 64.8 Å². The number of rotatable bonds is 7. The first-order chi connectivity index (χ1) is 13.5. The summed E-state index contributed by atoms with van der Waals surface area (Å²) in [5.41, 5.74) is 3.08. The van der Waals surface area contributed by atoms with E-state index in [1.807, 2.05) is 41.9 Å². The number of methoxy groups -OCH3 is 1. The number of thiophene rings is 1. The molecule has 28 heavy (non-hydrogen) atoms. The van der Waals surface area contributed by atoms with E-state index in [2.05, 4.69) is 24.3 Å². The molecular formula is C21H23N3O3S. The van der Waals surface area contributed by atoms with Gasteiger partial charge in [0.25, 0.3) is 0 Å². The molecule has 0 aliphatic carbocycles. The summed E-state index contributed by atoms with van der Waals surface area (Å²) in [6.45, 7) is 4.17. The summed E-state index contributed by atoms with van der Waals surface area (Å²) >= 11 is 1.35. The Balaban J connectivity index is 1.72. The molecule has 1 amide bonds. The molecular weight excluding hydrogens is 374 g/mol. The van der Waals surface area contributed by atoms with E-state index in [0.717, 1.165) is 23.2 Å². The van der Waals surface area contributed by atoms with Crippen LogP contribution in [-0.2, 0) is 22.4 Å². The molecule has 0 spiro atoms. The van der Waals surface area contributed by atoms with Gasteiger partial charge in [0.1, 0.15) is 5.00 Å². The zero-order chi connectivity index (χ0) is 20.1. The van der Waals surface area contributed by atoms with Gasteiger partial charge in [-0.25, -0.2) is 9.48 Å². The first-order valence-corrected chi connectivity index (χ1v) is 9.93. The molecule has 3 rings (SSSR count). The topological polar surface area (TPSA) is 73.2 Å². The molecule has 0 unspecified atom stereocenters. The maximum atomic E-state index is 12.5. The predicted molar refractivity (Wildman–Crippen MR) is 110 cm³/mol. The van der Waals surface area contributed by atoms with E-state index in [9.17, 15) is 9.59 Å². The third-order valence-corrected chi connectivity index (χ3v) is 5.10. The highest BCUT2D eigenvalue weighted by atomic mass is 32.1. The number of hydrogen-bond acceptors (Lipinski definition) is 5. The second-order valence-electron chi connectivity index (χ2n) is 6.91. The Kier molecular flexibility index (Phi) is 6.26. The second kappa shape index (κ2) is 8.84. The lowest BCUT2D eigenvalue weighted by atomic mass is 10.0. The zero-order valence-electron chi connectivity index (χ0n) is 16.1. The lowest BCUT2D eigenvalue weighted by Gasteiger charge is -2.08. The minimum Gasteiger partial charge on any atom is -0.465 e. The fourth-order valence-electron chi connectivity index (χ4n) is 2.93. The number of esters is 1. The first-order valence-electron chi connectivity index (χ1n) is 9.05. The number of aromatic nitrogens is 2. The third kappa shape index (κ3) is 4.67. The number of ether oxygens (including phenoxy) is 1. The SMILES string of the molecule is COC(=O)c1c(CC(C)C)csc1NC(=O)Cc1cnn(-c2ccccc2)c1. The summed E-state index contributed by atoms with van der Waals surface area (Å²) in [7, 11) is 1.35. The van der Waals surface area contributed by atoms with E-state index >= 15 is 0 Å². The average Bonchev–Trinajstić information content (AvgIpc) is 3.28. The number of nitrogens with zero attached hydrogens (tertiary/aromatic N) is 2. The van der Waals surface area contributed by atoms with Gasteiger partial charge in [0.15, 0.2) is 0 Å². The minimum absolute atomic E-state index is 0.171. The highest BCUT2D eigenvalue weighted by Gasteiger charge is 2.22. The fourth-order valence-corrected chi connectivity index (χ4v) is 3.91. The molecule has 0 bridgehead atoms. The third-order valence-electron chi connectivity index (χ3n) is 4.16. The van der Waals surface area contributed by atoms with Crippen LogP contribution in [0.15, 0.2) is 48.1 Å². The van der Waals surface area contributed by atoms with Gasteiger partial charge >= 0.3 is 5.97 Å². The molecule has 0 saturated heterocycles. The van der Waals surface area contributed by atoms with Crippen LogP contribution < -0.4 is 5.32 Å². The van der Waals surface area contributed by atoms with E-state index in [0.29, 0.717) is 16.5 Å². The molecule has 0 aliphatic heterocycles. The van der Waals surface area contributed by atoms with Gasteiger partial charge < -0.3 is 10.1 Å². The van der Waals surface area contributed by atoms with Gasteiger partial charge in [-0.15, -0.1) is 11.3 Å². The molecule has 0 atom stereocenters. The van der Waals surface area contributed by atoms with Gasteiger partial charge in [-0.05, 0) is 41.0 Å². The van der Waals surface area contributed by atoms with Gasteiger partial charge in [0.2, 0.25) is 5.91 Å². The smallest absolute Gasteiger partial charge is 0.341 e. The van der Waals surface area contributed by atoms with E-state index in [-0.39, 0.29) is 12.3 Å². The van der Waals surface area contributed by atoms with Crippen LogP contribution in [0.1, 0.15) is 35.3 Å². The molecule has 2 heterocycles. The van der Waals surface area contributed by atoms with Crippen molar-refractivity contribution in [1.82, 2.24) is 9.78 Å². The lowest BCUT2D eigenvalue weighted by Crippen LogP contribution is -2.16. The highest BCUT2D eigenvalue weighted by Crippen LogP contribution is 2.31. The number of para-hydroxylation sites is 1. The van der Waals surface area contributed by atoms with E-state index < -0.39 is 5.97 Å². The number of carbonyl (C=O) groups excluding carboxylic acids is 2. The quantitative estimate of drug-likeness (QED) is 0.609. The zero-order valence-corrected chi connectivity index (χ0v) is 17.0. The largest absolute Gasteiger partial charge is 0.465 e. The van der Waals surface area contributed by atoms with Gasteiger partial charge in [0, 0.05) is 6.20 Å². The Bertz CT molecular complexity index is 960. The molecule has 2 aromatic heterocycles. The Labute approximate surface area is 168 Å². The number of amides is 1. The number of hydrogen-bond donors (Lipinski definition) is 1. The van der Waals surface area contributed by atoms with Gasteiger partial charge in [0.05, 0.1) is 31.0 Å². The Morgan fingerprint density at radius 2 is 2.00 bits per heavy atom. The van der Waals surface area contributed by atoms with E-state index in [1.165, 1.54) is 18.4 Å². The molecule has 7 heteroatoms. The van der Waals surface area contributed by atoms with Crippen LogP contribution in [0.2, 0.25) is 0 Å². The minimum atomic E-state index is -0.427. The molecule has 0 fully saturated rings. The maximum Gasteiger partial charge on any atom is 0.341 e.